The monoisotopic (exact) mass is 250 g/mol. The molecule has 1 atom stereocenters. The summed E-state index contributed by atoms with van der Waals surface area (Å²) < 4.78 is 0. The van der Waals surface area contributed by atoms with Crippen LogP contribution in [-0.4, -0.2) is 36.2 Å². The van der Waals surface area contributed by atoms with Crippen LogP contribution in [0.2, 0.25) is 0 Å². The van der Waals surface area contributed by atoms with E-state index in [1.165, 1.54) is 0 Å². The van der Waals surface area contributed by atoms with Crippen LogP contribution in [0.1, 0.15) is 32.3 Å². The Hall–Kier alpha value is -0.900. The number of hydrogen-bond acceptors (Lipinski definition) is 3. The molecule has 3 heteroatoms. The minimum Gasteiger partial charge on any atom is -0.382 e. The molecule has 0 fully saturated rings. The van der Waals surface area contributed by atoms with Crippen LogP contribution in [0.5, 0.6) is 0 Å². The van der Waals surface area contributed by atoms with Gasteiger partial charge in [-0.15, -0.1) is 0 Å². The Bertz CT molecular complexity index is 323. The third-order valence-corrected chi connectivity index (χ3v) is 3.21. The van der Waals surface area contributed by atoms with Crippen molar-refractivity contribution >= 4 is 0 Å². The van der Waals surface area contributed by atoms with Crippen LogP contribution in [0.15, 0.2) is 30.3 Å². The Morgan fingerprint density at radius 1 is 1.11 bits per heavy atom. The fourth-order valence-corrected chi connectivity index (χ4v) is 2.29. The van der Waals surface area contributed by atoms with E-state index in [-0.39, 0.29) is 6.54 Å². The standard InChI is InChI=1S/C15H26N2O/c1-3-10-17(11-4-2)13-15(18,12-16)14-8-6-5-7-9-14/h5-9,18H,3-4,10-13,16H2,1-2H3. The second kappa shape index (κ2) is 7.52. The van der Waals surface area contributed by atoms with E-state index >= 15 is 0 Å². The molecule has 0 aliphatic rings. The molecule has 1 rings (SSSR count). The Balaban J connectivity index is 2.80. The van der Waals surface area contributed by atoms with Gasteiger partial charge in [0.1, 0.15) is 5.60 Å². The summed E-state index contributed by atoms with van der Waals surface area (Å²) in [6, 6.07) is 9.74. The Kier molecular flexibility index (Phi) is 6.33. The van der Waals surface area contributed by atoms with Gasteiger partial charge in [0.15, 0.2) is 0 Å². The van der Waals surface area contributed by atoms with Gasteiger partial charge < -0.3 is 15.7 Å². The lowest BCUT2D eigenvalue weighted by Crippen LogP contribution is -2.46. The molecule has 0 saturated carbocycles. The van der Waals surface area contributed by atoms with Crippen molar-refractivity contribution in [2.24, 2.45) is 5.73 Å². The van der Waals surface area contributed by atoms with Gasteiger partial charge in [-0.25, -0.2) is 0 Å². The van der Waals surface area contributed by atoms with E-state index in [0.717, 1.165) is 31.5 Å². The molecule has 0 aliphatic carbocycles. The summed E-state index contributed by atoms with van der Waals surface area (Å²) in [6.45, 7) is 7.18. The van der Waals surface area contributed by atoms with E-state index < -0.39 is 5.60 Å². The Morgan fingerprint density at radius 3 is 2.11 bits per heavy atom. The second-order valence-corrected chi connectivity index (χ2v) is 4.88. The first-order chi connectivity index (χ1) is 8.66. The van der Waals surface area contributed by atoms with E-state index in [9.17, 15) is 5.11 Å². The molecular weight excluding hydrogens is 224 g/mol. The number of benzene rings is 1. The van der Waals surface area contributed by atoms with Crippen molar-refractivity contribution in [3.8, 4) is 0 Å². The van der Waals surface area contributed by atoms with Crippen molar-refractivity contribution < 1.29 is 5.11 Å². The summed E-state index contributed by atoms with van der Waals surface area (Å²) in [7, 11) is 0. The molecule has 0 saturated heterocycles. The largest absolute Gasteiger partial charge is 0.382 e. The maximum Gasteiger partial charge on any atom is 0.114 e. The number of aliphatic hydroxyl groups is 1. The van der Waals surface area contributed by atoms with Crippen LogP contribution in [0, 0.1) is 0 Å². The average molecular weight is 250 g/mol. The van der Waals surface area contributed by atoms with Crippen LogP contribution in [0.4, 0.5) is 0 Å². The molecule has 0 heterocycles. The molecule has 0 radical (unpaired) electrons. The lowest BCUT2D eigenvalue weighted by molar-refractivity contribution is 0.00674. The minimum atomic E-state index is -0.939. The maximum absolute atomic E-state index is 10.7. The maximum atomic E-state index is 10.7. The van der Waals surface area contributed by atoms with E-state index in [0.29, 0.717) is 6.54 Å². The van der Waals surface area contributed by atoms with Crippen LogP contribution >= 0.6 is 0 Å². The summed E-state index contributed by atoms with van der Waals surface area (Å²) in [5, 5.41) is 10.7. The quantitative estimate of drug-likeness (QED) is 0.741. The predicted molar refractivity (Wildman–Crippen MR) is 76.4 cm³/mol. The van der Waals surface area contributed by atoms with Crippen LogP contribution in [0.3, 0.4) is 0 Å². The molecule has 0 amide bonds. The van der Waals surface area contributed by atoms with Crippen molar-refractivity contribution in [1.29, 1.82) is 0 Å². The topological polar surface area (TPSA) is 49.5 Å². The summed E-state index contributed by atoms with van der Waals surface area (Å²) in [6.07, 6.45) is 2.19. The zero-order chi connectivity index (χ0) is 13.4. The first kappa shape index (κ1) is 15.2. The molecule has 3 nitrogen and oxygen atoms in total. The number of rotatable bonds is 8. The Morgan fingerprint density at radius 2 is 1.67 bits per heavy atom. The lowest BCUT2D eigenvalue weighted by Gasteiger charge is -2.33. The van der Waals surface area contributed by atoms with Gasteiger partial charge in [0, 0.05) is 13.1 Å². The summed E-state index contributed by atoms with van der Waals surface area (Å²) >= 11 is 0. The van der Waals surface area contributed by atoms with Gasteiger partial charge in [-0.1, -0.05) is 44.2 Å². The highest BCUT2D eigenvalue weighted by Crippen LogP contribution is 2.21. The first-order valence-electron chi connectivity index (χ1n) is 6.86. The van der Waals surface area contributed by atoms with Gasteiger partial charge >= 0.3 is 0 Å². The van der Waals surface area contributed by atoms with Gasteiger partial charge in [-0.3, -0.25) is 0 Å². The van der Waals surface area contributed by atoms with Crippen molar-refractivity contribution in [2.75, 3.05) is 26.2 Å². The van der Waals surface area contributed by atoms with Crippen LogP contribution < -0.4 is 5.73 Å². The fraction of sp³-hybridized carbons (Fsp3) is 0.600. The molecule has 1 aromatic rings. The van der Waals surface area contributed by atoms with Crippen molar-refractivity contribution in [3.05, 3.63) is 35.9 Å². The van der Waals surface area contributed by atoms with Gasteiger partial charge in [0.2, 0.25) is 0 Å². The van der Waals surface area contributed by atoms with Gasteiger partial charge in [-0.2, -0.15) is 0 Å². The smallest absolute Gasteiger partial charge is 0.114 e. The molecule has 0 aliphatic heterocycles. The molecule has 0 spiro atoms. The predicted octanol–water partition coefficient (Wildman–Crippen LogP) is 1.95. The molecule has 1 unspecified atom stereocenters. The number of nitrogens with two attached hydrogens (primary N) is 1. The highest BCUT2D eigenvalue weighted by molar-refractivity contribution is 5.23. The van der Waals surface area contributed by atoms with Gasteiger partial charge in [-0.05, 0) is 31.5 Å². The van der Waals surface area contributed by atoms with Gasteiger partial charge in [0.25, 0.3) is 0 Å². The first-order valence-corrected chi connectivity index (χ1v) is 6.86. The van der Waals surface area contributed by atoms with Crippen molar-refractivity contribution in [3.63, 3.8) is 0 Å². The molecule has 102 valence electrons. The zero-order valence-corrected chi connectivity index (χ0v) is 11.6. The van der Waals surface area contributed by atoms with E-state index in [1.807, 2.05) is 30.3 Å². The highest BCUT2D eigenvalue weighted by atomic mass is 16.3. The third-order valence-electron chi connectivity index (χ3n) is 3.21. The normalized spacial score (nSPS) is 14.7. The summed E-state index contributed by atoms with van der Waals surface area (Å²) in [4.78, 5) is 2.29. The molecule has 3 N–H and O–H groups in total. The average Bonchev–Trinajstić information content (AvgIpc) is 2.40. The number of nitrogens with zero attached hydrogens (tertiary/aromatic N) is 1. The summed E-state index contributed by atoms with van der Waals surface area (Å²) in [5.74, 6) is 0. The molecule has 18 heavy (non-hydrogen) atoms. The third kappa shape index (κ3) is 4.09. The van der Waals surface area contributed by atoms with E-state index in [2.05, 4.69) is 18.7 Å². The molecule has 0 aromatic heterocycles. The van der Waals surface area contributed by atoms with Gasteiger partial charge in [0.05, 0.1) is 0 Å². The molecule has 1 aromatic carbocycles. The SMILES string of the molecule is CCCN(CCC)CC(O)(CN)c1ccccc1. The molecular formula is C15H26N2O. The molecule has 0 bridgehead atoms. The number of hydrogen-bond donors (Lipinski definition) is 2. The van der Waals surface area contributed by atoms with Crippen LogP contribution in [-0.2, 0) is 5.60 Å². The van der Waals surface area contributed by atoms with Crippen molar-refractivity contribution in [1.82, 2.24) is 4.90 Å². The minimum absolute atomic E-state index is 0.251. The lowest BCUT2D eigenvalue weighted by atomic mass is 9.93. The Labute approximate surface area is 111 Å². The van der Waals surface area contributed by atoms with E-state index in [1.54, 1.807) is 0 Å². The summed E-state index contributed by atoms with van der Waals surface area (Å²) in [5.41, 5.74) is 5.77. The van der Waals surface area contributed by atoms with Crippen molar-refractivity contribution in [2.45, 2.75) is 32.3 Å². The highest BCUT2D eigenvalue weighted by Gasteiger charge is 2.29. The zero-order valence-electron chi connectivity index (χ0n) is 11.6. The second-order valence-electron chi connectivity index (χ2n) is 4.88. The van der Waals surface area contributed by atoms with E-state index in [4.69, 9.17) is 5.73 Å². The fourth-order valence-electron chi connectivity index (χ4n) is 2.29. The van der Waals surface area contributed by atoms with Crippen LogP contribution in [0.25, 0.3) is 0 Å².